The minimum Gasteiger partial charge on any atom is -0.493 e. The van der Waals surface area contributed by atoms with Gasteiger partial charge >= 0.3 is 6.09 Å². The van der Waals surface area contributed by atoms with Gasteiger partial charge < -0.3 is 23.5 Å². The number of amides is 2. The lowest BCUT2D eigenvalue weighted by Crippen LogP contribution is -2.58. The quantitative estimate of drug-likeness (QED) is 0.0835. The largest absolute Gasteiger partial charge is 0.493 e. The first kappa shape index (κ1) is 31.5. The lowest BCUT2D eigenvalue weighted by molar-refractivity contribution is 0.0528. The van der Waals surface area contributed by atoms with Crippen LogP contribution in [-0.4, -0.2) is 68.8 Å². The van der Waals surface area contributed by atoms with Gasteiger partial charge in [-0.25, -0.2) is 9.69 Å². The zero-order valence-corrected chi connectivity index (χ0v) is 27.3. The molecule has 1 fully saturated rings. The highest BCUT2D eigenvalue weighted by Gasteiger charge is 2.51. The summed E-state index contributed by atoms with van der Waals surface area (Å²) in [6.45, 7) is 19.5. The summed E-state index contributed by atoms with van der Waals surface area (Å²) < 4.78 is 25.4. The second-order valence-electron chi connectivity index (χ2n) is 11.6. The second kappa shape index (κ2) is 13.1. The highest BCUT2D eigenvalue weighted by Crippen LogP contribution is 2.45. The highest BCUT2D eigenvalue weighted by atomic mass is 127. The van der Waals surface area contributed by atoms with E-state index in [1.54, 1.807) is 24.1 Å². The molecule has 8 nitrogen and oxygen atoms in total. The van der Waals surface area contributed by atoms with Crippen LogP contribution in [0.15, 0.2) is 36.9 Å². The Bertz CT molecular complexity index is 1090. The zero-order valence-electron chi connectivity index (χ0n) is 24.2. The third kappa shape index (κ3) is 7.00. The highest BCUT2D eigenvalue weighted by molar-refractivity contribution is 14.1. The average Bonchev–Trinajstić information content (AvgIpc) is 3.23. The predicted molar refractivity (Wildman–Crippen MR) is 166 cm³/mol. The van der Waals surface area contributed by atoms with Crippen LogP contribution < -0.4 is 14.4 Å². The summed E-state index contributed by atoms with van der Waals surface area (Å²) in [4.78, 5) is 31.0. The van der Waals surface area contributed by atoms with Crippen LogP contribution in [0.4, 0.5) is 10.5 Å². The van der Waals surface area contributed by atoms with E-state index in [1.807, 2.05) is 0 Å². The van der Waals surface area contributed by atoms with E-state index in [-0.39, 0.29) is 17.6 Å². The van der Waals surface area contributed by atoms with Crippen LogP contribution in [0, 0.1) is 0 Å². The van der Waals surface area contributed by atoms with E-state index in [9.17, 15) is 9.59 Å². The van der Waals surface area contributed by atoms with E-state index in [4.69, 9.17) is 18.6 Å². The molecule has 0 aromatic heterocycles. The first-order valence-electron chi connectivity index (χ1n) is 13.5. The van der Waals surface area contributed by atoms with E-state index in [1.165, 1.54) is 11.0 Å². The molecule has 0 bridgehead atoms. The molecule has 1 saturated heterocycles. The SMILES string of the molecule is C=CCOC(=O)N1c2cc(OCCCCCI)c(OC)cc2C(=O)N2CC(=C)C[C@@H]2C1O[Si](C)(C)C(C)(C)C. The maximum atomic E-state index is 14.0. The van der Waals surface area contributed by atoms with Crippen molar-refractivity contribution in [2.45, 2.75) is 76.9 Å². The first-order valence-corrected chi connectivity index (χ1v) is 17.9. The van der Waals surface area contributed by atoms with Gasteiger partial charge in [0.25, 0.3) is 5.91 Å². The third-order valence-corrected chi connectivity index (χ3v) is 12.9. The van der Waals surface area contributed by atoms with E-state index in [0.29, 0.717) is 42.3 Å². The van der Waals surface area contributed by atoms with Crippen LogP contribution in [0.5, 0.6) is 11.5 Å². The van der Waals surface area contributed by atoms with Crippen molar-refractivity contribution in [2.24, 2.45) is 0 Å². The maximum absolute atomic E-state index is 14.0. The topological polar surface area (TPSA) is 77.5 Å². The molecule has 2 atom stereocenters. The number of fused-ring (bicyclic) bond motifs is 2. The Kier molecular flexibility index (Phi) is 10.6. The molecule has 39 heavy (non-hydrogen) atoms. The fourth-order valence-electron chi connectivity index (χ4n) is 4.53. The molecule has 2 aliphatic heterocycles. The summed E-state index contributed by atoms with van der Waals surface area (Å²) in [5.74, 6) is 0.703. The van der Waals surface area contributed by atoms with Crippen molar-refractivity contribution in [1.82, 2.24) is 4.90 Å². The van der Waals surface area contributed by atoms with Gasteiger partial charge in [0.05, 0.1) is 31.0 Å². The maximum Gasteiger partial charge on any atom is 0.416 e. The van der Waals surface area contributed by atoms with Crippen molar-refractivity contribution < 1.29 is 28.2 Å². The van der Waals surface area contributed by atoms with Gasteiger partial charge in [0, 0.05) is 12.6 Å². The molecule has 0 saturated carbocycles. The smallest absolute Gasteiger partial charge is 0.416 e. The van der Waals surface area contributed by atoms with Crippen LogP contribution in [0.25, 0.3) is 0 Å². The van der Waals surface area contributed by atoms with Crippen molar-refractivity contribution in [3.05, 3.63) is 42.5 Å². The molecule has 0 radical (unpaired) electrons. The number of alkyl halides is 1. The van der Waals surface area contributed by atoms with Crippen LogP contribution in [-0.2, 0) is 9.16 Å². The minimum atomic E-state index is -2.42. The van der Waals surface area contributed by atoms with Crippen molar-refractivity contribution in [1.29, 1.82) is 0 Å². The number of unbranched alkanes of at least 4 members (excludes halogenated alkanes) is 2. The number of benzene rings is 1. The Hall–Kier alpha value is -2.05. The van der Waals surface area contributed by atoms with Crippen LogP contribution in [0.2, 0.25) is 18.1 Å². The fraction of sp³-hybridized carbons (Fsp3) is 0.586. The molecule has 3 rings (SSSR count). The van der Waals surface area contributed by atoms with Gasteiger partial charge in [-0.15, -0.1) is 0 Å². The predicted octanol–water partition coefficient (Wildman–Crippen LogP) is 6.94. The Labute approximate surface area is 247 Å². The molecule has 10 heteroatoms. The van der Waals surface area contributed by atoms with Crippen LogP contribution >= 0.6 is 22.6 Å². The number of ether oxygens (including phenoxy) is 3. The molecular weight excluding hydrogens is 627 g/mol. The summed E-state index contributed by atoms with van der Waals surface area (Å²) in [5, 5.41) is -0.130. The average molecular weight is 671 g/mol. The van der Waals surface area contributed by atoms with Crippen molar-refractivity contribution >= 4 is 48.6 Å². The van der Waals surface area contributed by atoms with Gasteiger partial charge in [-0.2, -0.15) is 0 Å². The van der Waals surface area contributed by atoms with Crippen molar-refractivity contribution in [3.63, 3.8) is 0 Å². The molecule has 1 aromatic rings. The number of rotatable bonds is 11. The second-order valence-corrected chi connectivity index (χ2v) is 17.4. The van der Waals surface area contributed by atoms with E-state index in [0.717, 1.165) is 29.3 Å². The number of hydrogen-bond acceptors (Lipinski definition) is 6. The first-order chi connectivity index (χ1) is 18.4. The van der Waals surface area contributed by atoms with Crippen LogP contribution in [0.1, 0.15) is 56.8 Å². The van der Waals surface area contributed by atoms with Gasteiger partial charge in [-0.3, -0.25) is 4.79 Å². The monoisotopic (exact) mass is 670 g/mol. The molecule has 1 unspecified atom stereocenters. The number of carbonyl (C=O) groups is 2. The summed E-state index contributed by atoms with van der Waals surface area (Å²) in [6, 6.07) is 2.98. The molecule has 0 aliphatic carbocycles. The summed E-state index contributed by atoms with van der Waals surface area (Å²) >= 11 is 2.37. The van der Waals surface area contributed by atoms with E-state index in [2.05, 4.69) is 69.6 Å². The molecule has 1 aromatic carbocycles. The third-order valence-electron chi connectivity index (χ3n) is 7.69. The molecule has 2 aliphatic rings. The van der Waals surface area contributed by atoms with Gasteiger partial charge in [0.15, 0.2) is 26.0 Å². The molecule has 0 spiro atoms. The number of carbonyl (C=O) groups excluding carboxylic acids is 2. The van der Waals surface area contributed by atoms with Gasteiger partial charge in [0.1, 0.15) is 6.61 Å². The van der Waals surface area contributed by atoms with Gasteiger partial charge in [-0.1, -0.05) is 68.2 Å². The van der Waals surface area contributed by atoms with E-state index >= 15 is 0 Å². The molecule has 0 N–H and O–H groups in total. The Morgan fingerprint density at radius 3 is 2.54 bits per heavy atom. The fourth-order valence-corrected chi connectivity index (χ4v) is 6.29. The van der Waals surface area contributed by atoms with Crippen molar-refractivity contribution in [3.8, 4) is 11.5 Å². The number of halogens is 1. The summed E-state index contributed by atoms with van der Waals surface area (Å²) in [5.41, 5.74) is 1.64. The Morgan fingerprint density at radius 1 is 1.21 bits per heavy atom. The minimum absolute atomic E-state index is 0.0306. The van der Waals surface area contributed by atoms with Gasteiger partial charge in [-0.05, 0) is 54.3 Å². The molecular formula is C29H43IN2O6Si. The number of hydrogen-bond donors (Lipinski definition) is 0. The lowest BCUT2D eigenvalue weighted by Gasteiger charge is -2.44. The normalized spacial score (nSPS) is 19.4. The van der Waals surface area contributed by atoms with Gasteiger partial charge in [0.2, 0.25) is 0 Å². The van der Waals surface area contributed by atoms with Crippen molar-refractivity contribution in [2.75, 3.05) is 36.2 Å². The Morgan fingerprint density at radius 2 is 1.92 bits per heavy atom. The molecule has 2 amide bonds. The van der Waals surface area contributed by atoms with E-state index < -0.39 is 26.7 Å². The summed E-state index contributed by atoms with van der Waals surface area (Å²) in [7, 11) is -0.870. The standard InChI is InChI=1S/C29H43IN2O6Si/c1-9-14-37-28(34)32-22-18-25(36-15-12-10-11-13-30)24(35-6)17-21(22)26(33)31-19-20(2)16-23(31)27(32)38-39(7,8)29(3,4)5/h9,17-18,23,27H,1-2,10-16,19H2,3-8H3/t23-,27?/m1/s1. The molecule has 2 heterocycles. The summed E-state index contributed by atoms with van der Waals surface area (Å²) in [6.07, 6.45) is 3.75. The Balaban J connectivity index is 2.18. The number of anilines is 1. The lowest BCUT2D eigenvalue weighted by atomic mass is 10.1. The van der Waals surface area contributed by atoms with Crippen LogP contribution in [0.3, 0.4) is 0 Å². The zero-order chi connectivity index (χ0) is 29.0. The molecule has 216 valence electrons. The number of nitrogens with zero attached hydrogens (tertiary/aromatic N) is 2. The number of methoxy groups -OCH3 is 1.